The van der Waals surface area contributed by atoms with Crippen molar-refractivity contribution in [3.05, 3.63) is 81.4 Å². The predicted octanol–water partition coefficient (Wildman–Crippen LogP) is 8.24. The van der Waals surface area contributed by atoms with Gasteiger partial charge in [-0.3, -0.25) is 4.79 Å². The number of carbonyl (C=O) groups excluding carboxylic acids is 1. The first-order valence-corrected chi connectivity index (χ1v) is 14.8. The van der Waals surface area contributed by atoms with Crippen LogP contribution >= 0.6 is 0 Å². The first-order chi connectivity index (χ1) is 21.0. The topological polar surface area (TPSA) is 103 Å². The van der Waals surface area contributed by atoms with Gasteiger partial charge in [0, 0.05) is 23.1 Å². The Morgan fingerprint density at radius 1 is 1.02 bits per heavy atom. The summed E-state index contributed by atoms with van der Waals surface area (Å²) in [6, 6.07) is 11.3. The molecule has 0 unspecified atom stereocenters. The molecule has 0 amide bonds. The number of alkyl halides is 3. The van der Waals surface area contributed by atoms with Crippen molar-refractivity contribution in [3.8, 4) is 22.6 Å². The van der Waals surface area contributed by atoms with Crippen molar-refractivity contribution in [2.24, 2.45) is 10.9 Å². The quantitative estimate of drug-likeness (QED) is 0.0953. The van der Waals surface area contributed by atoms with E-state index in [0.717, 1.165) is 11.6 Å². The van der Waals surface area contributed by atoms with E-state index in [1.165, 1.54) is 13.2 Å². The number of amidine groups is 1. The first kappa shape index (κ1) is 34.3. The van der Waals surface area contributed by atoms with Gasteiger partial charge in [0.25, 0.3) is 0 Å². The van der Waals surface area contributed by atoms with Crippen molar-refractivity contribution >= 4 is 11.8 Å². The van der Waals surface area contributed by atoms with Gasteiger partial charge in [-0.2, -0.15) is 13.2 Å². The van der Waals surface area contributed by atoms with E-state index in [1.807, 2.05) is 33.8 Å². The number of carbonyl (C=O) groups is 1. The fraction of sp³-hybridized carbons (Fsp3) is 0.412. The highest BCUT2D eigenvalue weighted by atomic mass is 19.4. The van der Waals surface area contributed by atoms with Crippen molar-refractivity contribution in [3.63, 3.8) is 0 Å². The normalized spacial score (nSPS) is 16.8. The molecule has 0 radical (unpaired) electrons. The molecule has 3 aromatic carbocycles. The fourth-order valence-corrected chi connectivity index (χ4v) is 5.82. The molecular weight excluding hydrogens is 573 g/mol. The number of ether oxygens (including phenoxy) is 3. The van der Waals surface area contributed by atoms with Gasteiger partial charge in [0.1, 0.15) is 17.6 Å². The second kappa shape index (κ2) is 14.5. The minimum absolute atomic E-state index is 0.107. The van der Waals surface area contributed by atoms with Crippen molar-refractivity contribution < 1.29 is 37.4 Å². The lowest BCUT2D eigenvalue weighted by Gasteiger charge is -2.22. The van der Waals surface area contributed by atoms with Crippen LogP contribution in [0.3, 0.4) is 0 Å². The highest BCUT2D eigenvalue weighted by molar-refractivity contribution is 5.98. The van der Waals surface area contributed by atoms with Crippen LogP contribution in [-0.4, -0.2) is 30.7 Å². The van der Waals surface area contributed by atoms with Crippen LogP contribution in [0.2, 0.25) is 0 Å². The highest BCUT2D eigenvalue weighted by Crippen LogP contribution is 2.48. The monoisotopic (exact) mass is 614 g/mol. The van der Waals surface area contributed by atoms with Crippen molar-refractivity contribution in [2.45, 2.75) is 79.0 Å². The summed E-state index contributed by atoms with van der Waals surface area (Å²) >= 11 is 0. The molecule has 3 N–H and O–H groups in total. The Kier molecular flexibility index (Phi) is 11.3. The standard InChI is InChI=1S/C30H29F3N2O5.2C2H6/c1-15-10-17(29(34)35-37)11-16(2)27(15)28-22-7-9-24(21(22)6-8-23(28)30(31,32)33)40-19-4-5-20-18(12-26(36)38-3)14-39-25(20)13-19;2*1-2/h4-6,8,10-11,13,18,24,37H,7,9,12,14H2,1-3H3,(H2,34,35);2*1-2H3/t18-,24-;;/m1../s1. The van der Waals surface area contributed by atoms with Gasteiger partial charge < -0.3 is 25.2 Å². The molecule has 1 aliphatic carbocycles. The Morgan fingerprint density at radius 3 is 2.25 bits per heavy atom. The number of nitrogens with two attached hydrogens (primary N) is 1. The summed E-state index contributed by atoms with van der Waals surface area (Å²) in [7, 11) is 1.35. The average Bonchev–Trinajstić information content (AvgIpc) is 3.61. The number of nitrogens with zero attached hydrogens (tertiary/aromatic N) is 1. The van der Waals surface area contributed by atoms with E-state index in [4.69, 9.17) is 25.2 Å². The molecule has 2 aliphatic rings. The van der Waals surface area contributed by atoms with Gasteiger partial charge in [0.15, 0.2) is 5.84 Å². The molecule has 7 nitrogen and oxygen atoms in total. The molecule has 0 saturated heterocycles. The molecule has 238 valence electrons. The third-order valence-electron chi connectivity index (χ3n) is 7.63. The lowest BCUT2D eigenvalue weighted by atomic mass is 9.85. The summed E-state index contributed by atoms with van der Waals surface area (Å²) in [5.41, 5.74) is 9.43. The maximum absolute atomic E-state index is 14.3. The van der Waals surface area contributed by atoms with Crippen LogP contribution in [-0.2, 0) is 22.1 Å². The van der Waals surface area contributed by atoms with E-state index in [0.29, 0.717) is 64.3 Å². The number of aryl methyl sites for hydroxylation is 2. The summed E-state index contributed by atoms with van der Waals surface area (Å²) in [6.07, 6.45) is -3.89. The third kappa shape index (κ3) is 6.95. The number of hydrogen-bond donors (Lipinski definition) is 2. The number of methoxy groups -OCH3 is 1. The fourth-order valence-electron chi connectivity index (χ4n) is 5.82. The zero-order valence-electron chi connectivity index (χ0n) is 26.3. The molecule has 10 heteroatoms. The molecule has 0 aromatic heterocycles. The number of esters is 1. The summed E-state index contributed by atoms with van der Waals surface area (Å²) in [4.78, 5) is 11.7. The largest absolute Gasteiger partial charge is 0.492 e. The lowest BCUT2D eigenvalue weighted by molar-refractivity contribution is -0.141. The van der Waals surface area contributed by atoms with E-state index < -0.39 is 17.8 Å². The van der Waals surface area contributed by atoms with Crippen LogP contribution in [0.25, 0.3) is 11.1 Å². The molecule has 44 heavy (non-hydrogen) atoms. The molecule has 3 aromatic rings. The lowest BCUT2D eigenvalue weighted by Crippen LogP contribution is -2.15. The maximum Gasteiger partial charge on any atom is 0.417 e. The Balaban J connectivity index is 0.00000127. The minimum atomic E-state index is -4.56. The molecule has 0 spiro atoms. The summed E-state index contributed by atoms with van der Waals surface area (Å²) in [5.74, 6) is 0.616. The van der Waals surface area contributed by atoms with E-state index in [2.05, 4.69) is 5.16 Å². The second-order valence-corrected chi connectivity index (χ2v) is 10.2. The maximum atomic E-state index is 14.3. The Morgan fingerprint density at radius 2 is 1.66 bits per heavy atom. The smallest absolute Gasteiger partial charge is 0.417 e. The molecule has 5 rings (SSSR count). The SMILES string of the molecule is CC.CC.COC(=O)C[C@@H]1COc2cc(O[C@@H]3CCc4c3ccc(C(F)(F)F)c4-c3c(C)cc(/C(N)=N/O)cc3C)ccc21. The van der Waals surface area contributed by atoms with Crippen LogP contribution < -0.4 is 15.2 Å². The van der Waals surface area contributed by atoms with Crippen molar-refractivity contribution in [1.29, 1.82) is 0 Å². The molecule has 0 fully saturated rings. The zero-order valence-corrected chi connectivity index (χ0v) is 26.3. The number of rotatable bonds is 6. The number of benzene rings is 3. The Labute approximate surface area is 256 Å². The molecule has 0 bridgehead atoms. The van der Waals surface area contributed by atoms with Crippen LogP contribution in [0.5, 0.6) is 11.5 Å². The number of oxime groups is 1. The van der Waals surface area contributed by atoms with Gasteiger partial charge in [-0.1, -0.05) is 45.0 Å². The van der Waals surface area contributed by atoms with Crippen molar-refractivity contribution in [1.82, 2.24) is 0 Å². The van der Waals surface area contributed by atoms with Crippen LogP contribution in [0.1, 0.15) is 91.5 Å². The van der Waals surface area contributed by atoms with Crippen LogP contribution in [0.4, 0.5) is 13.2 Å². The highest BCUT2D eigenvalue weighted by Gasteiger charge is 2.39. The number of fused-ring (bicyclic) bond motifs is 2. The van der Waals surface area contributed by atoms with Gasteiger partial charge in [-0.05, 0) is 84.3 Å². The van der Waals surface area contributed by atoms with E-state index in [9.17, 15) is 18.0 Å². The van der Waals surface area contributed by atoms with Gasteiger partial charge >= 0.3 is 12.1 Å². The molecule has 1 aliphatic heterocycles. The van der Waals surface area contributed by atoms with Crippen LogP contribution in [0, 0.1) is 13.8 Å². The predicted molar refractivity (Wildman–Crippen MR) is 165 cm³/mol. The summed E-state index contributed by atoms with van der Waals surface area (Å²) in [6.45, 7) is 11.8. The summed E-state index contributed by atoms with van der Waals surface area (Å²) in [5, 5.41) is 12.1. The second-order valence-electron chi connectivity index (χ2n) is 10.2. The summed E-state index contributed by atoms with van der Waals surface area (Å²) < 4.78 is 59.7. The first-order valence-electron chi connectivity index (χ1n) is 14.8. The van der Waals surface area contributed by atoms with Gasteiger partial charge in [-0.15, -0.1) is 0 Å². The van der Waals surface area contributed by atoms with E-state index in [-0.39, 0.29) is 29.7 Å². The van der Waals surface area contributed by atoms with Gasteiger partial charge in [0.2, 0.25) is 0 Å². The van der Waals surface area contributed by atoms with Gasteiger partial charge in [0.05, 0.1) is 25.7 Å². The molecule has 1 heterocycles. The van der Waals surface area contributed by atoms with E-state index in [1.54, 1.807) is 38.1 Å². The zero-order chi connectivity index (χ0) is 32.8. The molecule has 2 atom stereocenters. The van der Waals surface area contributed by atoms with Crippen LogP contribution in [0.15, 0.2) is 47.6 Å². The number of hydrogen-bond acceptors (Lipinski definition) is 6. The average molecular weight is 615 g/mol. The Hall–Kier alpha value is -4.21. The molecular formula is C34H41F3N2O5. The van der Waals surface area contributed by atoms with Gasteiger partial charge in [-0.25, -0.2) is 0 Å². The minimum Gasteiger partial charge on any atom is -0.492 e. The third-order valence-corrected chi connectivity index (χ3v) is 7.63. The number of halogens is 3. The molecule has 0 saturated carbocycles. The Bertz CT molecular complexity index is 1490. The van der Waals surface area contributed by atoms with Crippen molar-refractivity contribution in [2.75, 3.05) is 13.7 Å². The van der Waals surface area contributed by atoms with E-state index >= 15 is 0 Å².